The van der Waals surface area contributed by atoms with Crippen molar-refractivity contribution in [2.75, 3.05) is 0 Å². The van der Waals surface area contributed by atoms with Gasteiger partial charge in [0.25, 0.3) is 0 Å². The molecule has 0 spiro atoms. The molecule has 1 aliphatic heterocycles. The van der Waals surface area contributed by atoms with Crippen molar-refractivity contribution in [1.82, 2.24) is 4.98 Å². The van der Waals surface area contributed by atoms with Crippen LogP contribution in [0.5, 0.6) is 11.5 Å². The Labute approximate surface area is 206 Å². The van der Waals surface area contributed by atoms with Crippen molar-refractivity contribution in [3.05, 3.63) is 76.5 Å². The average molecular weight is 519 g/mol. The molecule has 0 unspecified atom stereocenters. The second-order valence-corrected chi connectivity index (χ2v) is 9.04. The first kappa shape index (κ1) is 24.7. The summed E-state index contributed by atoms with van der Waals surface area (Å²) in [5, 5.41) is 9.17. The molecular weight excluding hydrogens is 501 g/mol. The zero-order valence-electron chi connectivity index (χ0n) is 19.2. The van der Waals surface area contributed by atoms with Crippen LogP contribution in [0.25, 0.3) is 11.3 Å². The molecule has 2 aliphatic rings. The van der Waals surface area contributed by atoms with E-state index in [4.69, 9.17) is 5.11 Å². The highest BCUT2D eigenvalue weighted by Gasteiger charge is 2.52. The van der Waals surface area contributed by atoms with E-state index in [0.29, 0.717) is 18.4 Å². The van der Waals surface area contributed by atoms with Crippen LogP contribution in [0, 0.1) is 6.92 Å². The summed E-state index contributed by atoms with van der Waals surface area (Å²) in [6.07, 6.45) is -7.96. The van der Waals surface area contributed by atoms with Gasteiger partial charge in [-0.1, -0.05) is 12.1 Å². The van der Waals surface area contributed by atoms with E-state index in [1.54, 1.807) is 0 Å². The molecule has 0 atom stereocenters. The molecule has 6 nitrogen and oxygen atoms in total. The van der Waals surface area contributed by atoms with Crippen LogP contribution in [-0.4, -0.2) is 28.1 Å². The third-order valence-corrected chi connectivity index (χ3v) is 6.57. The molecule has 192 valence electrons. The van der Waals surface area contributed by atoms with Crippen molar-refractivity contribution < 1.29 is 46.1 Å². The number of carboxylic acid groups (broad SMARTS) is 1. The van der Waals surface area contributed by atoms with Crippen LogP contribution in [-0.2, 0) is 22.8 Å². The fourth-order valence-corrected chi connectivity index (χ4v) is 4.53. The molecule has 2 aromatic carbocycles. The number of carbonyl (C=O) groups excluding carboxylic acids is 1. The molecule has 1 N–H and O–H groups in total. The summed E-state index contributed by atoms with van der Waals surface area (Å²) in [6.45, 7) is 1.48. The number of ketones is 1. The third kappa shape index (κ3) is 4.49. The Kier molecular flexibility index (Phi) is 5.50. The van der Waals surface area contributed by atoms with Crippen LogP contribution in [0.2, 0.25) is 0 Å². The standard InChI is InChI=1S/C26H18F5NO5/c1-13-10-14(23(34)35)2-5-17(13)22-18(25(27,28)29)6-4-16(32-22)12-21(33)24(8-9-24)15-3-7-19-20(11-15)37-26(30,31)36-19/h2-7,10-11H,8-9,12H2,1H3,(H,34,35). The van der Waals surface area contributed by atoms with Crippen molar-refractivity contribution in [2.24, 2.45) is 0 Å². The quantitative estimate of drug-likeness (QED) is 0.406. The SMILES string of the molecule is Cc1cc(C(=O)O)ccc1-c1nc(CC(=O)C2(c3ccc4c(c3)OC(F)(F)O4)CC2)ccc1C(F)(F)F. The van der Waals surface area contributed by atoms with Gasteiger partial charge in [0.1, 0.15) is 5.78 Å². The molecule has 5 rings (SSSR count). The molecular formula is C26H18F5NO5. The number of fused-ring (bicyclic) bond motifs is 1. The summed E-state index contributed by atoms with van der Waals surface area (Å²) >= 11 is 0. The Balaban J connectivity index is 1.47. The molecule has 3 aromatic rings. The number of halogens is 5. The topological polar surface area (TPSA) is 85.7 Å². The summed E-state index contributed by atoms with van der Waals surface area (Å²) in [7, 11) is 0. The summed E-state index contributed by atoms with van der Waals surface area (Å²) in [4.78, 5) is 28.7. The first-order valence-corrected chi connectivity index (χ1v) is 11.1. The fraction of sp³-hybridized carbons (Fsp3) is 0.269. The average Bonchev–Trinajstić information content (AvgIpc) is 3.55. The van der Waals surface area contributed by atoms with Gasteiger partial charge >= 0.3 is 18.4 Å². The maximum atomic E-state index is 13.8. The predicted molar refractivity (Wildman–Crippen MR) is 119 cm³/mol. The Morgan fingerprint density at radius 2 is 1.70 bits per heavy atom. The Morgan fingerprint density at radius 1 is 1.00 bits per heavy atom. The van der Waals surface area contributed by atoms with Gasteiger partial charge in [-0.2, -0.15) is 13.2 Å². The highest BCUT2D eigenvalue weighted by molar-refractivity contribution is 5.94. The van der Waals surface area contributed by atoms with E-state index >= 15 is 0 Å². The van der Waals surface area contributed by atoms with E-state index in [1.807, 2.05) is 0 Å². The van der Waals surface area contributed by atoms with Crippen LogP contribution in [0.15, 0.2) is 48.5 Å². The lowest BCUT2D eigenvalue weighted by molar-refractivity contribution is -0.286. The minimum atomic E-state index is -4.74. The number of aryl methyl sites for hydroxylation is 1. The highest BCUT2D eigenvalue weighted by atomic mass is 19.4. The van der Waals surface area contributed by atoms with Gasteiger partial charge in [-0.15, -0.1) is 8.78 Å². The van der Waals surface area contributed by atoms with Crippen LogP contribution >= 0.6 is 0 Å². The number of carbonyl (C=O) groups is 2. The molecule has 1 aliphatic carbocycles. The van der Waals surface area contributed by atoms with E-state index in [-0.39, 0.29) is 46.1 Å². The number of ether oxygens (including phenoxy) is 2. The summed E-state index contributed by atoms with van der Waals surface area (Å²) < 4.78 is 77.0. The maximum Gasteiger partial charge on any atom is 0.586 e. The Hall–Kier alpha value is -4.02. The molecule has 1 fully saturated rings. The van der Waals surface area contributed by atoms with Gasteiger partial charge < -0.3 is 14.6 Å². The number of aromatic carboxylic acids is 1. The number of aromatic nitrogens is 1. The zero-order chi connectivity index (χ0) is 26.8. The second kappa shape index (κ2) is 8.25. The van der Waals surface area contributed by atoms with Gasteiger partial charge in [-0.3, -0.25) is 9.78 Å². The smallest absolute Gasteiger partial charge is 0.478 e. The van der Waals surface area contributed by atoms with Gasteiger partial charge in [0.05, 0.1) is 22.2 Å². The Bertz CT molecular complexity index is 1450. The number of hydrogen-bond acceptors (Lipinski definition) is 5. The minimum absolute atomic E-state index is 0.0849. The second-order valence-electron chi connectivity index (χ2n) is 9.04. The van der Waals surface area contributed by atoms with Gasteiger partial charge in [-0.05, 0) is 67.3 Å². The summed E-state index contributed by atoms with van der Waals surface area (Å²) in [5.74, 6) is -1.90. The molecule has 0 radical (unpaired) electrons. The third-order valence-electron chi connectivity index (χ3n) is 6.57. The lowest BCUT2D eigenvalue weighted by atomic mass is 9.88. The number of hydrogen-bond donors (Lipinski definition) is 1. The van der Waals surface area contributed by atoms with Gasteiger partial charge in [-0.25, -0.2) is 4.79 Å². The van der Waals surface area contributed by atoms with Crippen molar-refractivity contribution in [3.63, 3.8) is 0 Å². The molecule has 0 amide bonds. The number of pyridine rings is 1. The lowest BCUT2D eigenvalue weighted by Crippen LogP contribution is -2.26. The van der Waals surface area contributed by atoms with E-state index in [0.717, 1.165) is 12.1 Å². The molecule has 37 heavy (non-hydrogen) atoms. The number of carboxylic acids is 1. The first-order chi connectivity index (χ1) is 17.3. The van der Waals surface area contributed by atoms with Gasteiger partial charge in [0, 0.05) is 17.7 Å². The number of Topliss-reactive ketones (excluding diaryl/α,β-unsaturated/α-hetero) is 1. The van der Waals surface area contributed by atoms with Gasteiger partial charge in [0.2, 0.25) is 0 Å². The fourth-order valence-electron chi connectivity index (χ4n) is 4.53. The van der Waals surface area contributed by atoms with Crippen LogP contribution in [0.4, 0.5) is 22.0 Å². The van der Waals surface area contributed by atoms with Crippen molar-refractivity contribution in [3.8, 4) is 22.8 Å². The molecule has 2 heterocycles. The molecule has 11 heteroatoms. The molecule has 1 aromatic heterocycles. The van der Waals surface area contributed by atoms with E-state index in [9.17, 15) is 31.5 Å². The van der Waals surface area contributed by atoms with E-state index in [2.05, 4.69) is 14.5 Å². The van der Waals surface area contributed by atoms with Crippen molar-refractivity contribution in [1.29, 1.82) is 0 Å². The molecule has 1 saturated carbocycles. The molecule has 0 saturated heterocycles. The highest BCUT2D eigenvalue weighted by Crippen LogP contribution is 2.52. The molecule has 0 bridgehead atoms. The van der Waals surface area contributed by atoms with Crippen LogP contribution in [0.3, 0.4) is 0 Å². The van der Waals surface area contributed by atoms with E-state index < -0.39 is 35.1 Å². The monoisotopic (exact) mass is 519 g/mol. The number of rotatable bonds is 6. The normalized spacial score (nSPS) is 16.9. The summed E-state index contributed by atoms with van der Waals surface area (Å²) in [5.41, 5.74) is -1.60. The zero-order valence-corrected chi connectivity index (χ0v) is 19.2. The first-order valence-electron chi connectivity index (χ1n) is 11.1. The minimum Gasteiger partial charge on any atom is -0.478 e. The predicted octanol–water partition coefficient (Wildman–Crippen LogP) is 5.94. The summed E-state index contributed by atoms with van der Waals surface area (Å²) in [6, 6.07) is 9.77. The largest absolute Gasteiger partial charge is 0.586 e. The maximum absolute atomic E-state index is 13.8. The van der Waals surface area contributed by atoms with Crippen LogP contribution in [0.1, 0.15) is 45.6 Å². The lowest BCUT2D eigenvalue weighted by Gasteiger charge is -2.17. The van der Waals surface area contributed by atoms with E-state index in [1.165, 1.54) is 43.3 Å². The number of nitrogens with zero attached hydrogens (tertiary/aromatic N) is 1. The number of benzene rings is 2. The number of alkyl halides is 5. The van der Waals surface area contributed by atoms with Gasteiger partial charge in [0.15, 0.2) is 11.5 Å². The van der Waals surface area contributed by atoms with Crippen molar-refractivity contribution >= 4 is 11.8 Å². The Morgan fingerprint density at radius 3 is 2.32 bits per heavy atom. The van der Waals surface area contributed by atoms with Crippen LogP contribution < -0.4 is 9.47 Å². The van der Waals surface area contributed by atoms with Crippen molar-refractivity contribution in [2.45, 2.75) is 44.1 Å².